The Morgan fingerprint density at radius 1 is 1.17 bits per heavy atom. The van der Waals surface area contributed by atoms with Crippen LogP contribution in [-0.4, -0.2) is 47.6 Å². The van der Waals surface area contributed by atoms with Crippen LogP contribution in [0.2, 0.25) is 0 Å². The molecular weight excluding hydrogens is 220 g/mol. The second kappa shape index (κ2) is 6.38. The Labute approximate surface area is 114 Å². The molecule has 0 bridgehead atoms. The third kappa shape index (κ3) is 3.27. The van der Waals surface area contributed by atoms with Gasteiger partial charge in [0.2, 0.25) is 0 Å². The van der Waals surface area contributed by atoms with Crippen LogP contribution in [0, 0.1) is 5.92 Å². The Morgan fingerprint density at radius 2 is 1.94 bits per heavy atom. The molecule has 0 spiro atoms. The number of piperidine rings is 1. The molecule has 2 nitrogen and oxygen atoms in total. The third-order valence-electron chi connectivity index (χ3n) is 5.24. The fourth-order valence-corrected chi connectivity index (χ4v) is 3.87. The summed E-state index contributed by atoms with van der Waals surface area (Å²) in [5.41, 5.74) is 0. The minimum absolute atomic E-state index is 0.749. The van der Waals surface area contributed by atoms with E-state index in [2.05, 4.69) is 37.5 Å². The van der Waals surface area contributed by atoms with Gasteiger partial charge in [-0.3, -0.25) is 9.80 Å². The van der Waals surface area contributed by atoms with Gasteiger partial charge in [0.25, 0.3) is 0 Å². The second-order valence-corrected chi connectivity index (χ2v) is 6.79. The van der Waals surface area contributed by atoms with Crippen LogP contribution in [0.4, 0.5) is 0 Å². The summed E-state index contributed by atoms with van der Waals surface area (Å²) in [5.74, 6) is 0.872. The summed E-state index contributed by atoms with van der Waals surface area (Å²) >= 11 is 0. The zero-order chi connectivity index (χ0) is 13.1. The van der Waals surface area contributed by atoms with Crippen LogP contribution >= 0.6 is 0 Å². The van der Waals surface area contributed by atoms with Gasteiger partial charge < -0.3 is 0 Å². The van der Waals surface area contributed by atoms with Crippen LogP contribution in [0.15, 0.2) is 0 Å². The zero-order valence-corrected chi connectivity index (χ0v) is 12.9. The topological polar surface area (TPSA) is 6.48 Å². The van der Waals surface area contributed by atoms with Crippen LogP contribution < -0.4 is 0 Å². The molecule has 2 rings (SSSR count). The lowest BCUT2D eigenvalue weighted by molar-refractivity contribution is -0.00848. The van der Waals surface area contributed by atoms with Crippen molar-refractivity contribution in [3.8, 4) is 0 Å². The number of hydrogen-bond acceptors (Lipinski definition) is 2. The number of hydrogen-bond donors (Lipinski definition) is 0. The summed E-state index contributed by atoms with van der Waals surface area (Å²) in [4.78, 5) is 5.54. The predicted molar refractivity (Wildman–Crippen MR) is 78.9 cm³/mol. The Balaban J connectivity index is 1.91. The quantitative estimate of drug-likeness (QED) is 0.757. The highest BCUT2D eigenvalue weighted by atomic mass is 15.3. The molecule has 18 heavy (non-hydrogen) atoms. The third-order valence-corrected chi connectivity index (χ3v) is 5.24. The molecule has 2 aliphatic heterocycles. The largest absolute Gasteiger partial charge is 0.298 e. The molecule has 0 amide bonds. The number of piperazine rings is 1. The summed E-state index contributed by atoms with van der Waals surface area (Å²) in [6, 6.07) is 2.37. The molecule has 0 aromatic heterocycles. The van der Waals surface area contributed by atoms with E-state index < -0.39 is 0 Å². The standard InChI is InChI=1S/C16H32N2/c1-5-13(2)10-14(3)18-12-16-8-6-7-9-17(16)11-15(18)4/h13-16H,5-12H2,1-4H3. The van der Waals surface area contributed by atoms with E-state index in [0.717, 1.165) is 24.0 Å². The first-order valence-corrected chi connectivity index (χ1v) is 8.11. The molecule has 4 unspecified atom stereocenters. The first kappa shape index (κ1) is 14.3. The van der Waals surface area contributed by atoms with Gasteiger partial charge in [0.15, 0.2) is 0 Å². The second-order valence-electron chi connectivity index (χ2n) is 6.79. The highest BCUT2D eigenvalue weighted by molar-refractivity contribution is 4.91. The van der Waals surface area contributed by atoms with Gasteiger partial charge in [0.05, 0.1) is 0 Å². The zero-order valence-electron chi connectivity index (χ0n) is 12.9. The fraction of sp³-hybridized carbons (Fsp3) is 1.00. The number of nitrogens with zero attached hydrogens (tertiary/aromatic N) is 2. The van der Waals surface area contributed by atoms with Crippen molar-refractivity contribution in [1.29, 1.82) is 0 Å². The lowest BCUT2D eigenvalue weighted by atomic mass is 9.93. The Hall–Kier alpha value is -0.0800. The van der Waals surface area contributed by atoms with Gasteiger partial charge in [-0.25, -0.2) is 0 Å². The van der Waals surface area contributed by atoms with Gasteiger partial charge in [-0.15, -0.1) is 0 Å². The van der Waals surface area contributed by atoms with Crippen molar-refractivity contribution in [3.63, 3.8) is 0 Å². The van der Waals surface area contributed by atoms with Crippen molar-refractivity contribution in [2.45, 2.75) is 77.9 Å². The van der Waals surface area contributed by atoms with E-state index >= 15 is 0 Å². The van der Waals surface area contributed by atoms with Crippen molar-refractivity contribution in [2.75, 3.05) is 19.6 Å². The molecule has 2 fully saturated rings. The molecule has 0 aromatic carbocycles. The summed E-state index contributed by atoms with van der Waals surface area (Å²) in [7, 11) is 0. The van der Waals surface area contributed by atoms with Gasteiger partial charge in [0.1, 0.15) is 0 Å². The summed E-state index contributed by atoms with van der Waals surface area (Å²) in [6.45, 7) is 13.6. The SMILES string of the molecule is CCC(C)CC(C)N1CC2CCCCN2CC1C. The molecule has 0 radical (unpaired) electrons. The first-order chi connectivity index (χ1) is 8.61. The lowest BCUT2D eigenvalue weighted by Gasteiger charge is -2.49. The summed E-state index contributed by atoms with van der Waals surface area (Å²) in [6.07, 6.45) is 6.99. The van der Waals surface area contributed by atoms with Crippen LogP contribution in [-0.2, 0) is 0 Å². The predicted octanol–water partition coefficient (Wildman–Crippen LogP) is 3.37. The molecule has 4 atom stereocenters. The number of fused-ring (bicyclic) bond motifs is 1. The summed E-state index contributed by atoms with van der Waals surface area (Å²) in [5, 5.41) is 0. The van der Waals surface area contributed by atoms with Crippen molar-refractivity contribution in [3.05, 3.63) is 0 Å². The maximum Gasteiger partial charge on any atom is 0.0224 e. The highest BCUT2D eigenvalue weighted by Crippen LogP contribution is 2.27. The Morgan fingerprint density at radius 3 is 2.67 bits per heavy atom. The van der Waals surface area contributed by atoms with Crippen LogP contribution in [0.5, 0.6) is 0 Å². The number of rotatable bonds is 4. The van der Waals surface area contributed by atoms with Gasteiger partial charge in [-0.1, -0.05) is 26.7 Å². The molecule has 0 aromatic rings. The molecular formula is C16H32N2. The van der Waals surface area contributed by atoms with Crippen LogP contribution in [0.3, 0.4) is 0 Å². The molecule has 2 saturated heterocycles. The monoisotopic (exact) mass is 252 g/mol. The van der Waals surface area contributed by atoms with E-state index in [1.54, 1.807) is 0 Å². The van der Waals surface area contributed by atoms with Gasteiger partial charge >= 0.3 is 0 Å². The molecule has 0 aliphatic carbocycles. The maximum atomic E-state index is 2.79. The van der Waals surface area contributed by atoms with Crippen molar-refractivity contribution < 1.29 is 0 Å². The van der Waals surface area contributed by atoms with E-state index in [4.69, 9.17) is 0 Å². The first-order valence-electron chi connectivity index (χ1n) is 8.11. The normalized spacial score (nSPS) is 34.0. The average Bonchev–Trinajstić information content (AvgIpc) is 2.37. The van der Waals surface area contributed by atoms with E-state index in [0.29, 0.717) is 0 Å². The molecule has 106 valence electrons. The van der Waals surface area contributed by atoms with Crippen LogP contribution in [0.1, 0.15) is 59.8 Å². The van der Waals surface area contributed by atoms with Crippen LogP contribution in [0.25, 0.3) is 0 Å². The Bertz CT molecular complexity index is 253. The molecule has 2 aliphatic rings. The van der Waals surface area contributed by atoms with E-state index in [1.807, 2.05) is 0 Å². The highest BCUT2D eigenvalue weighted by Gasteiger charge is 2.34. The average molecular weight is 252 g/mol. The minimum atomic E-state index is 0.749. The summed E-state index contributed by atoms with van der Waals surface area (Å²) < 4.78 is 0. The minimum Gasteiger partial charge on any atom is -0.298 e. The van der Waals surface area contributed by atoms with Crippen molar-refractivity contribution in [1.82, 2.24) is 9.80 Å². The van der Waals surface area contributed by atoms with Crippen molar-refractivity contribution in [2.24, 2.45) is 5.92 Å². The molecule has 0 N–H and O–H groups in total. The van der Waals surface area contributed by atoms with Gasteiger partial charge in [-0.05, 0) is 45.6 Å². The van der Waals surface area contributed by atoms with E-state index in [9.17, 15) is 0 Å². The smallest absolute Gasteiger partial charge is 0.0224 e. The maximum absolute atomic E-state index is 2.79. The van der Waals surface area contributed by atoms with E-state index in [-0.39, 0.29) is 0 Å². The van der Waals surface area contributed by atoms with Crippen molar-refractivity contribution >= 4 is 0 Å². The Kier molecular flexibility index (Phi) is 5.08. The molecule has 2 heterocycles. The fourth-order valence-electron chi connectivity index (χ4n) is 3.87. The van der Waals surface area contributed by atoms with E-state index in [1.165, 1.54) is 51.7 Å². The van der Waals surface area contributed by atoms with Gasteiger partial charge in [0, 0.05) is 31.2 Å². The van der Waals surface area contributed by atoms with Gasteiger partial charge in [-0.2, -0.15) is 0 Å². The molecule has 0 saturated carbocycles. The lowest BCUT2D eigenvalue weighted by Crippen LogP contribution is -2.60. The molecule has 2 heteroatoms.